The summed E-state index contributed by atoms with van der Waals surface area (Å²) in [7, 11) is 0. The number of hydrogen-bond acceptors (Lipinski definition) is 5. The summed E-state index contributed by atoms with van der Waals surface area (Å²) < 4.78 is 5.86. The summed E-state index contributed by atoms with van der Waals surface area (Å²) in [6.45, 7) is 13.3. The van der Waals surface area contributed by atoms with E-state index in [1.807, 2.05) is 6.07 Å². The normalized spacial score (nSPS) is 16.2. The number of hydrogen-bond donors (Lipinski definition) is 1. The number of anilines is 1. The van der Waals surface area contributed by atoms with E-state index in [2.05, 4.69) is 47.9 Å². The average Bonchev–Trinajstić information content (AvgIpc) is 2.91. The Bertz CT molecular complexity index is 450. The molecule has 118 valence electrons. The zero-order valence-electron chi connectivity index (χ0n) is 13.8. The van der Waals surface area contributed by atoms with Crippen LogP contribution in [-0.4, -0.2) is 47.7 Å². The van der Waals surface area contributed by atoms with Crippen molar-refractivity contribution in [2.24, 2.45) is 0 Å². The fourth-order valence-electron chi connectivity index (χ4n) is 2.39. The van der Waals surface area contributed by atoms with Crippen molar-refractivity contribution in [2.45, 2.75) is 46.0 Å². The zero-order valence-corrected chi connectivity index (χ0v) is 13.8. The van der Waals surface area contributed by atoms with Gasteiger partial charge in [-0.25, -0.2) is 4.98 Å². The van der Waals surface area contributed by atoms with Crippen LogP contribution >= 0.6 is 0 Å². The van der Waals surface area contributed by atoms with Crippen LogP contribution in [-0.2, 0) is 5.41 Å². The van der Waals surface area contributed by atoms with Gasteiger partial charge in [-0.15, -0.1) is 0 Å². The van der Waals surface area contributed by atoms with Crippen molar-refractivity contribution in [3.63, 3.8) is 0 Å². The van der Waals surface area contributed by atoms with Gasteiger partial charge in [0.25, 0.3) is 0 Å². The third kappa shape index (κ3) is 4.84. The van der Waals surface area contributed by atoms with Crippen LogP contribution in [0.1, 0.15) is 46.4 Å². The van der Waals surface area contributed by atoms with Gasteiger partial charge in [-0.05, 0) is 32.9 Å². The Balaban J connectivity index is 2.00. The Kier molecular flexibility index (Phi) is 5.39. The molecule has 0 aliphatic carbocycles. The van der Waals surface area contributed by atoms with Crippen LogP contribution in [0.4, 0.5) is 5.82 Å². The van der Waals surface area contributed by atoms with E-state index in [0.717, 1.165) is 24.7 Å². The largest absolute Gasteiger partial charge is 0.476 e. The smallest absolute Gasteiger partial charge is 0.218 e. The second-order valence-electron chi connectivity index (χ2n) is 6.59. The second-order valence-corrected chi connectivity index (χ2v) is 6.59. The maximum Gasteiger partial charge on any atom is 0.218 e. The molecule has 1 fully saturated rings. The van der Waals surface area contributed by atoms with Crippen molar-refractivity contribution in [3.05, 3.63) is 11.9 Å². The van der Waals surface area contributed by atoms with Crippen LogP contribution in [0, 0.1) is 0 Å². The Labute approximate surface area is 128 Å². The van der Waals surface area contributed by atoms with E-state index in [-0.39, 0.29) is 5.41 Å². The molecule has 0 bridgehead atoms. The molecule has 5 nitrogen and oxygen atoms in total. The van der Waals surface area contributed by atoms with Gasteiger partial charge in [0.05, 0.1) is 0 Å². The minimum Gasteiger partial charge on any atom is -0.476 e. The van der Waals surface area contributed by atoms with Gasteiger partial charge in [0, 0.05) is 24.6 Å². The van der Waals surface area contributed by atoms with Crippen molar-refractivity contribution in [1.82, 2.24) is 14.9 Å². The number of rotatable bonds is 6. The molecule has 0 spiro atoms. The molecule has 1 aromatic rings. The van der Waals surface area contributed by atoms with Gasteiger partial charge in [0.15, 0.2) is 0 Å². The average molecular weight is 292 g/mol. The van der Waals surface area contributed by atoms with Crippen molar-refractivity contribution in [3.8, 4) is 5.88 Å². The molecular formula is C16H28N4O. The first-order chi connectivity index (χ1) is 9.99. The van der Waals surface area contributed by atoms with E-state index in [1.165, 1.54) is 25.9 Å². The Morgan fingerprint density at radius 3 is 2.57 bits per heavy atom. The summed E-state index contributed by atoms with van der Waals surface area (Å²) >= 11 is 0. The third-order valence-corrected chi connectivity index (χ3v) is 3.59. The second kappa shape index (κ2) is 7.07. The SMILES string of the molecule is CCNc1cc(OCCN2CCCC2)nc(C(C)(C)C)n1. The highest BCUT2D eigenvalue weighted by Crippen LogP contribution is 2.23. The van der Waals surface area contributed by atoms with E-state index in [9.17, 15) is 0 Å². The van der Waals surface area contributed by atoms with E-state index >= 15 is 0 Å². The molecule has 2 heterocycles. The Morgan fingerprint density at radius 2 is 1.95 bits per heavy atom. The molecule has 1 aliphatic heterocycles. The van der Waals surface area contributed by atoms with Gasteiger partial charge >= 0.3 is 0 Å². The predicted octanol–water partition coefficient (Wildman–Crippen LogP) is 2.68. The van der Waals surface area contributed by atoms with Gasteiger partial charge < -0.3 is 10.1 Å². The van der Waals surface area contributed by atoms with Crippen molar-refractivity contribution >= 4 is 5.82 Å². The molecule has 0 aromatic carbocycles. The van der Waals surface area contributed by atoms with Gasteiger partial charge in [-0.2, -0.15) is 4.98 Å². The van der Waals surface area contributed by atoms with Crippen LogP contribution < -0.4 is 10.1 Å². The lowest BCUT2D eigenvalue weighted by atomic mass is 9.96. The first-order valence-electron chi connectivity index (χ1n) is 7.97. The fraction of sp³-hybridized carbons (Fsp3) is 0.750. The summed E-state index contributed by atoms with van der Waals surface area (Å²) in [5.74, 6) is 2.33. The first kappa shape index (κ1) is 16.0. The minimum atomic E-state index is -0.0848. The van der Waals surface area contributed by atoms with Crippen molar-refractivity contribution in [1.29, 1.82) is 0 Å². The molecule has 21 heavy (non-hydrogen) atoms. The summed E-state index contributed by atoms with van der Waals surface area (Å²) in [6, 6.07) is 1.89. The molecule has 5 heteroatoms. The van der Waals surface area contributed by atoms with Crippen LogP contribution in [0.5, 0.6) is 5.88 Å². The highest BCUT2D eigenvalue weighted by Gasteiger charge is 2.19. The molecular weight excluding hydrogens is 264 g/mol. The maximum atomic E-state index is 5.86. The van der Waals surface area contributed by atoms with Gasteiger partial charge in [0.1, 0.15) is 18.2 Å². The number of nitrogens with zero attached hydrogens (tertiary/aromatic N) is 3. The molecule has 0 saturated carbocycles. The monoisotopic (exact) mass is 292 g/mol. The number of nitrogens with one attached hydrogen (secondary N) is 1. The van der Waals surface area contributed by atoms with E-state index in [1.54, 1.807) is 0 Å². The highest BCUT2D eigenvalue weighted by atomic mass is 16.5. The molecule has 1 saturated heterocycles. The Hall–Kier alpha value is -1.36. The highest BCUT2D eigenvalue weighted by molar-refractivity contribution is 5.39. The predicted molar refractivity (Wildman–Crippen MR) is 86.1 cm³/mol. The van der Waals surface area contributed by atoms with Crippen LogP contribution in [0.3, 0.4) is 0 Å². The van der Waals surface area contributed by atoms with Crippen LogP contribution in [0.2, 0.25) is 0 Å². The maximum absolute atomic E-state index is 5.86. The molecule has 1 N–H and O–H groups in total. The van der Waals surface area contributed by atoms with Gasteiger partial charge in [0.2, 0.25) is 5.88 Å². The van der Waals surface area contributed by atoms with E-state index in [4.69, 9.17) is 4.74 Å². The fourth-order valence-corrected chi connectivity index (χ4v) is 2.39. The Morgan fingerprint density at radius 1 is 1.24 bits per heavy atom. The summed E-state index contributed by atoms with van der Waals surface area (Å²) in [6.07, 6.45) is 2.62. The molecule has 0 amide bonds. The van der Waals surface area contributed by atoms with Gasteiger partial charge in [-0.3, -0.25) is 4.90 Å². The zero-order chi connectivity index (χ0) is 15.3. The molecule has 1 aliphatic rings. The molecule has 1 aromatic heterocycles. The lowest BCUT2D eigenvalue weighted by Gasteiger charge is -2.19. The standard InChI is InChI=1S/C16H28N4O/c1-5-17-13-12-14(19-15(18-13)16(2,3)4)21-11-10-20-8-6-7-9-20/h12H,5-11H2,1-4H3,(H,17,18,19). The number of aromatic nitrogens is 2. The number of likely N-dealkylation sites (tertiary alicyclic amines) is 1. The summed E-state index contributed by atoms with van der Waals surface area (Å²) in [5, 5.41) is 3.25. The molecule has 0 atom stereocenters. The van der Waals surface area contributed by atoms with Gasteiger partial charge in [-0.1, -0.05) is 20.8 Å². The first-order valence-corrected chi connectivity index (χ1v) is 7.97. The van der Waals surface area contributed by atoms with E-state index < -0.39 is 0 Å². The number of ether oxygens (including phenoxy) is 1. The molecule has 2 rings (SSSR count). The topological polar surface area (TPSA) is 50.3 Å². The van der Waals surface area contributed by atoms with E-state index in [0.29, 0.717) is 12.5 Å². The summed E-state index contributed by atoms with van der Waals surface area (Å²) in [5.41, 5.74) is -0.0848. The lowest BCUT2D eigenvalue weighted by molar-refractivity contribution is 0.230. The third-order valence-electron chi connectivity index (χ3n) is 3.59. The van der Waals surface area contributed by atoms with Crippen LogP contribution in [0.15, 0.2) is 6.07 Å². The quantitative estimate of drug-likeness (QED) is 0.873. The van der Waals surface area contributed by atoms with Crippen molar-refractivity contribution < 1.29 is 4.74 Å². The lowest BCUT2D eigenvalue weighted by Crippen LogP contribution is -2.25. The molecule has 0 unspecified atom stereocenters. The minimum absolute atomic E-state index is 0.0848. The van der Waals surface area contributed by atoms with Crippen molar-refractivity contribution in [2.75, 3.05) is 38.1 Å². The molecule has 0 radical (unpaired) electrons. The van der Waals surface area contributed by atoms with Crippen LogP contribution in [0.25, 0.3) is 0 Å². The summed E-state index contributed by atoms with van der Waals surface area (Å²) in [4.78, 5) is 11.6.